The third-order valence-electron chi connectivity index (χ3n) is 4.24. The number of aryl methyl sites for hydroxylation is 2. The summed E-state index contributed by atoms with van der Waals surface area (Å²) >= 11 is 0. The lowest BCUT2D eigenvalue weighted by atomic mass is 10.1. The Hall–Kier alpha value is -2.36. The van der Waals surface area contributed by atoms with E-state index < -0.39 is 0 Å². The minimum atomic E-state index is 0. The van der Waals surface area contributed by atoms with Gasteiger partial charge in [0.1, 0.15) is 6.26 Å². The van der Waals surface area contributed by atoms with Gasteiger partial charge in [0.25, 0.3) is 0 Å². The first-order valence-corrected chi connectivity index (χ1v) is 9.75. The molecule has 7 nitrogen and oxygen atoms in total. The molecule has 0 saturated heterocycles. The number of guanidine groups is 1. The monoisotopic (exact) mass is 508 g/mol. The third-order valence-corrected chi connectivity index (χ3v) is 4.24. The Balaban J connectivity index is 0.00000300. The molecule has 29 heavy (non-hydrogen) atoms. The van der Waals surface area contributed by atoms with Crippen LogP contribution in [0.2, 0.25) is 0 Å². The Labute approximate surface area is 189 Å². The summed E-state index contributed by atoms with van der Waals surface area (Å²) < 4.78 is 7.54. The van der Waals surface area contributed by atoms with Crippen LogP contribution in [0.1, 0.15) is 24.6 Å². The second kappa shape index (κ2) is 12.3. The van der Waals surface area contributed by atoms with Crippen molar-refractivity contribution in [1.29, 1.82) is 0 Å². The Morgan fingerprint density at radius 1 is 1.21 bits per heavy atom. The summed E-state index contributed by atoms with van der Waals surface area (Å²) in [5.41, 5.74) is 3.15. The third kappa shape index (κ3) is 7.52. The number of aromatic nitrogens is 3. The second-order valence-electron chi connectivity index (χ2n) is 6.57. The number of hydrogen-bond donors (Lipinski definition) is 2. The van der Waals surface area contributed by atoms with Crippen molar-refractivity contribution < 1.29 is 4.42 Å². The molecular weight excluding hydrogens is 479 g/mol. The summed E-state index contributed by atoms with van der Waals surface area (Å²) in [4.78, 5) is 9.19. The number of hydrogen-bond acceptors (Lipinski definition) is 4. The van der Waals surface area contributed by atoms with Crippen LogP contribution < -0.4 is 10.6 Å². The van der Waals surface area contributed by atoms with Crippen molar-refractivity contribution in [2.75, 3.05) is 19.6 Å². The van der Waals surface area contributed by atoms with Crippen LogP contribution in [0.3, 0.4) is 0 Å². The van der Waals surface area contributed by atoms with Gasteiger partial charge < -0.3 is 15.1 Å². The quantitative estimate of drug-likeness (QED) is 0.200. The van der Waals surface area contributed by atoms with Crippen LogP contribution in [0, 0.1) is 6.92 Å². The highest BCUT2D eigenvalue weighted by Gasteiger charge is 2.07. The largest absolute Gasteiger partial charge is 0.444 e. The van der Waals surface area contributed by atoms with E-state index in [9.17, 15) is 0 Å². The summed E-state index contributed by atoms with van der Waals surface area (Å²) in [5.74, 6) is 1.49. The van der Waals surface area contributed by atoms with E-state index in [0.717, 1.165) is 56.2 Å². The number of nitrogens with one attached hydrogen (secondary N) is 2. The zero-order valence-electron chi connectivity index (χ0n) is 17.0. The topological polar surface area (TPSA) is 80.3 Å². The number of aliphatic imine (C=N–C) groups is 1. The Bertz CT molecular complexity index is 858. The average Bonchev–Trinajstić information content (AvgIpc) is 3.38. The molecule has 2 N–H and O–H groups in total. The molecule has 0 aliphatic rings. The number of benzene rings is 1. The molecule has 156 valence electrons. The molecule has 0 spiro atoms. The normalized spacial score (nSPS) is 11.2. The van der Waals surface area contributed by atoms with Crippen LogP contribution in [0.4, 0.5) is 0 Å². The van der Waals surface area contributed by atoms with Gasteiger partial charge in [0.05, 0.1) is 5.69 Å². The highest BCUT2D eigenvalue weighted by Crippen LogP contribution is 2.19. The van der Waals surface area contributed by atoms with Crippen LogP contribution in [0.15, 0.2) is 58.4 Å². The summed E-state index contributed by atoms with van der Waals surface area (Å²) in [7, 11) is 0. The fraction of sp³-hybridized carbons (Fsp3) is 0.381. The van der Waals surface area contributed by atoms with E-state index in [-0.39, 0.29) is 24.0 Å². The van der Waals surface area contributed by atoms with Crippen molar-refractivity contribution >= 4 is 29.9 Å². The van der Waals surface area contributed by atoms with Gasteiger partial charge in [-0.1, -0.05) is 17.7 Å². The maximum atomic E-state index is 5.62. The second-order valence-corrected chi connectivity index (χ2v) is 6.57. The maximum Gasteiger partial charge on any atom is 0.226 e. The first-order valence-electron chi connectivity index (χ1n) is 9.75. The molecule has 2 heterocycles. The molecule has 0 bridgehead atoms. The standard InChI is InChI=1S/C21H28N6O.HI/c1-3-22-21(23-11-4-14-27-15-5-12-25-27)24-13-10-19-16-28-20(26-19)18-8-6-17(2)7-9-18;/h5-9,12,15-16H,3-4,10-11,13-14H2,1-2H3,(H2,22,23,24);1H. The lowest BCUT2D eigenvalue weighted by Crippen LogP contribution is -2.38. The first kappa shape index (κ1) is 22.9. The van der Waals surface area contributed by atoms with Crippen LogP contribution in [-0.2, 0) is 13.0 Å². The van der Waals surface area contributed by atoms with Crippen LogP contribution >= 0.6 is 24.0 Å². The summed E-state index contributed by atoms with van der Waals surface area (Å²) in [6.45, 7) is 7.31. The van der Waals surface area contributed by atoms with Crippen molar-refractivity contribution in [1.82, 2.24) is 25.4 Å². The van der Waals surface area contributed by atoms with Gasteiger partial charge in [0, 0.05) is 50.6 Å². The molecule has 0 aliphatic heterocycles. The van der Waals surface area contributed by atoms with Crippen LogP contribution in [-0.4, -0.2) is 40.4 Å². The van der Waals surface area contributed by atoms with E-state index in [1.54, 1.807) is 12.5 Å². The minimum absolute atomic E-state index is 0. The minimum Gasteiger partial charge on any atom is -0.444 e. The van der Waals surface area contributed by atoms with Gasteiger partial charge in [-0.3, -0.25) is 9.67 Å². The molecule has 0 radical (unpaired) electrons. The number of halogens is 1. The first-order chi connectivity index (χ1) is 13.7. The lowest BCUT2D eigenvalue weighted by molar-refractivity contribution is 0.572. The number of rotatable bonds is 9. The molecule has 0 unspecified atom stereocenters. The Morgan fingerprint density at radius 3 is 2.76 bits per heavy atom. The van der Waals surface area contributed by atoms with Crippen molar-refractivity contribution in [2.24, 2.45) is 4.99 Å². The predicted octanol–water partition coefficient (Wildman–Crippen LogP) is 3.65. The molecule has 3 rings (SSSR count). The predicted molar refractivity (Wildman–Crippen MR) is 127 cm³/mol. The van der Waals surface area contributed by atoms with Crippen LogP contribution in [0.25, 0.3) is 11.5 Å². The lowest BCUT2D eigenvalue weighted by Gasteiger charge is -2.10. The van der Waals surface area contributed by atoms with E-state index in [1.165, 1.54) is 5.56 Å². The molecule has 0 amide bonds. The number of oxazole rings is 1. The Morgan fingerprint density at radius 2 is 2.03 bits per heavy atom. The fourth-order valence-corrected chi connectivity index (χ4v) is 2.76. The van der Waals surface area contributed by atoms with Gasteiger partial charge >= 0.3 is 0 Å². The van der Waals surface area contributed by atoms with Crippen molar-refractivity contribution in [3.8, 4) is 11.5 Å². The molecule has 0 atom stereocenters. The molecule has 1 aromatic carbocycles. The highest BCUT2D eigenvalue weighted by atomic mass is 127. The van der Waals surface area contributed by atoms with Gasteiger partial charge in [0.2, 0.25) is 5.89 Å². The van der Waals surface area contributed by atoms with Crippen molar-refractivity contribution in [2.45, 2.75) is 33.2 Å². The molecular formula is C21H29IN6O. The summed E-state index contributed by atoms with van der Waals surface area (Å²) in [6.07, 6.45) is 7.21. The average molecular weight is 508 g/mol. The van der Waals surface area contributed by atoms with E-state index in [0.29, 0.717) is 5.89 Å². The van der Waals surface area contributed by atoms with Gasteiger partial charge in [-0.15, -0.1) is 24.0 Å². The van der Waals surface area contributed by atoms with E-state index in [4.69, 9.17) is 4.42 Å². The summed E-state index contributed by atoms with van der Waals surface area (Å²) in [5, 5.41) is 10.8. The molecule has 3 aromatic rings. The highest BCUT2D eigenvalue weighted by molar-refractivity contribution is 14.0. The fourth-order valence-electron chi connectivity index (χ4n) is 2.76. The summed E-state index contributed by atoms with van der Waals surface area (Å²) in [6, 6.07) is 10.1. The Kier molecular flexibility index (Phi) is 9.69. The van der Waals surface area contributed by atoms with Crippen molar-refractivity contribution in [3.05, 3.63) is 60.2 Å². The van der Waals surface area contributed by atoms with Gasteiger partial charge in [-0.05, 0) is 38.5 Å². The maximum absolute atomic E-state index is 5.62. The molecule has 0 saturated carbocycles. The van der Waals surface area contributed by atoms with Gasteiger partial charge in [-0.2, -0.15) is 5.10 Å². The van der Waals surface area contributed by atoms with Gasteiger partial charge in [-0.25, -0.2) is 4.98 Å². The SMILES string of the molecule is CCNC(=NCCCn1cccn1)NCCc1coc(-c2ccc(C)cc2)n1.I. The van der Waals surface area contributed by atoms with Gasteiger partial charge in [0.15, 0.2) is 5.96 Å². The smallest absolute Gasteiger partial charge is 0.226 e. The molecule has 0 fully saturated rings. The molecule has 0 aliphatic carbocycles. The van der Waals surface area contributed by atoms with E-state index in [2.05, 4.69) is 51.7 Å². The van der Waals surface area contributed by atoms with E-state index in [1.807, 2.05) is 29.1 Å². The van der Waals surface area contributed by atoms with E-state index >= 15 is 0 Å². The molecule has 8 heteroatoms. The molecule has 2 aromatic heterocycles. The zero-order valence-corrected chi connectivity index (χ0v) is 19.3. The zero-order chi connectivity index (χ0) is 19.6. The van der Waals surface area contributed by atoms with Crippen LogP contribution in [0.5, 0.6) is 0 Å². The number of nitrogens with zero attached hydrogens (tertiary/aromatic N) is 4. The van der Waals surface area contributed by atoms with Crippen molar-refractivity contribution in [3.63, 3.8) is 0 Å².